The van der Waals surface area contributed by atoms with Gasteiger partial charge in [-0.25, -0.2) is 9.97 Å². The average Bonchev–Trinajstić information content (AvgIpc) is 2.67. The number of benzene rings is 2. The van der Waals surface area contributed by atoms with Crippen molar-refractivity contribution in [3.8, 4) is 5.75 Å². The summed E-state index contributed by atoms with van der Waals surface area (Å²) in [7, 11) is 1.65. The summed E-state index contributed by atoms with van der Waals surface area (Å²) < 4.78 is 5.13. The Kier molecular flexibility index (Phi) is 5.85. The van der Waals surface area contributed by atoms with Gasteiger partial charge in [0, 0.05) is 11.9 Å². The van der Waals surface area contributed by atoms with E-state index in [1.54, 1.807) is 7.11 Å². The molecule has 0 aliphatic heterocycles. The Morgan fingerprint density at radius 1 is 1.12 bits per heavy atom. The van der Waals surface area contributed by atoms with Crippen LogP contribution in [-0.2, 0) is 11.2 Å². The van der Waals surface area contributed by atoms with Gasteiger partial charge in [-0.1, -0.05) is 42.1 Å². The SMILES string of the molecule is COc1ccc(CCNC(=O)CSc2ncnc3ccccc23)cc1. The number of rotatable bonds is 7. The third-order valence-electron chi connectivity index (χ3n) is 3.74. The molecule has 0 unspecified atom stereocenters. The van der Waals surface area contributed by atoms with E-state index in [1.165, 1.54) is 18.1 Å². The zero-order valence-electron chi connectivity index (χ0n) is 13.9. The lowest BCUT2D eigenvalue weighted by Crippen LogP contribution is -2.27. The second-order valence-electron chi connectivity index (χ2n) is 5.43. The fourth-order valence-corrected chi connectivity index (χ4v) is 3.24. The van der Waals surface area contributed by atoms with Crippen molar-refractivity contribution in [2.45, 2.75) is 11.4 Å². The van der Waals surface area contributed by atoms with E-state index in [0.29, 0.717) is 12.3 Å². The van der Waals surface area contributed by atoms with Gasteiger partial charge in [-0.15, -0.1) is 0 Å². The molecule has 3 aromatic rings. The summed E-state index contributed by atoms with van der Waals surface area (Å²) in [5.74, 6) is 1.17. The first-order valence-corrected chi connectivity index (χ1v) is 8.97. The first kappa shape index (κ1) is 17.2. The van der Waals surface area contributed by atoms with E-state index in [4.69, 9.17) is 4.74 Å². The molecule has 0 atom stereocenters. The third-order valence-corrected chi connectivity index (χ3v) is 4.75. The summed E-state index contributed by atoms with van der Waals surface area (Å²) in [5.41, 5.74) is 2.05. The Hall–Kier alpha value is -2.60. The van der Waals surface area contributed by atoms with Crippen molar-refractivity contribution < 1.29 is 9.53 Å². The van der Waals surface area contributed by atoms with Crippen LogP contribution in [0.2, 0.25) is 0 Å². The van der Waals surface area contributed by atoms with Crippen LogP contribution in [0.3, 0.4) is 0 Å². The largest absolute Gasteiger partial charge is 0.497 e. The Morgan fingerprint density at radius 3 is 2.72 bits per heavy atom. The molecule has 1 amide bonds. The lowest BCUT2D eigenvalue weighted by atomic mass is 10.1. The van der Waals surface area contributed by atoms with Gasteiger partial charge in [0.25, 0.3) is 0 Å². The number of para-hydroxylation sites is 1. The molecule has 0 saturated heterocycles. The van der Waals surface area contributed by atoms with E-state index >= 15 is 0 Å². The van der Waals surface area contributed by atoms with E-state index in [1.807, 2.05) is 48.5 Å². The Labute approximate surface area is 150 Å². The molecule has 1 heterocycles. The predicted molar refractivity (Wildman–Crippen MR) is 100.0 cm³/mol. The average molecular weight is 353 g/mol. The van der Waals surface area contributed by atoms with E-state index < -0.39 is 0 Å². The zero-order valence-corrected chi connectivity index (χ0v) is 14.8. The molecule has 0 aliphatic rings. The lowest BCUT2D eigenvalue weighted by molar-refractivity contribution is -0.118. The second kappa shape index (κ2) is 8.48. The van der Waals surface area contributed by atoms with Crippen molar-refractivity contribution in [3.05, 3.63) is 60.4 Å². The van der Waals surface area contributed by atoms with Gasteiger partial charge >= 0.3 is 0 Å². The molecule has 2 aromatic carbocycles. The van der Waals surface area contributed by atoms with E-state index in [2.05, 4.69) is 15.3 Å². The number of thioether (sulfide) groups is 1. The van der Waals surface area contributed by atoms with Crippen LogP contribution >= 0.6 is 11.8 Å². The number of hydrogen-bond donors (Lipinski definition) is 1. The zero-order chi connectivity index (χ0) is 17.5. The van der Waals surface area contributed by atoms with Gasteiger partial charge in [0.05, 0.1) is 18.4 Å². The predicted octanol–water partition coefficient (Wildman–Crippen LogP) is 3.09. The molecule has 0 radical (unpaired) electrons. The van der Waals surface area contributed by atoms with Crippen LogP contribution in [0.15, 0.2) is 59.9 Å². The quantitative estimate of drug-likeness (QED) is 0.522. The Balaban J connectivity index is 1.47. The van der Waals surface area contributed by atoms with Crippen molar-refractivity contribution in [1.82, 2.24) is 15.3 Å². The minimum Gasteiger partial charge on any atom is -0.497 e. The van der Waals surface area contributed by atoms with Gasteiger partial charge in [0.15, 0.2) is 0 Å². The van der Waals surface area contributed by atoms with Gasteiger partial charge in [-0.3, -0.25) is 4.79 Å². The number of ether oxygens (including phenoxy) is 1. The maximum atomic E-state index is 12.0. The van der Waals surface area contributed by atoms with Crippen molar-refractivity contribution in [1.29, 1.82) is 0 Å². The second-order valence-corrected chi connectivity index (χ2v) is 6.40. The van der Waals surface area contributed by atoms with Crippen LogP contribution in [0.5, 0.6) is 5.75 Å². The number of aromatic nitrogens is 2. The van der Waals surface area contributed by atoms with Crippen LogP contribution in [0.1, 0.15) is 5.56 Å². The highest BCUT2D eigenvalue weighted by atomic mass is 32.2. The van der Waals surface area contributed by atoms with Gasteiger partial charge in [0.1, 0.15) is 17.1 Å². The smallest absolute Gasteiger partial charge is 0.230 e. The lowest BCUT2D eigenvalue weighted by Gasteiger charge is -2.07. The normalized spacial score (nSPS) is 10.6. The van der Waals surface area contributed by atoms with E-state index in [9.17, 15) is 4.79 Å². The van der Waals surface area contributed by atoms with Crippen molar-refractivity contribution in [2.24, 2.45) is 0 Å². The van der Waals surface area contributed by atoms with Gasteiger partial charge in [-0.05, 0) is 30.2 Å². The molecule has 5 nitrogen and oxygen atoms in total. The summed E-state index contributed by atoms with van der Waals surface area (Å²) in [6.45, 7) is 0.607. The Bertz CT molecular complexity index is 847. The fraction of sp³-hybridized carbons (Fsp3) is 0.211. The fourth-order valence-electron chi connectivity index (χ4n) is 2.42. The highest BCUT2D eigenvalue weighted by Gasteiger charge is 2.07. The van der Waals surface area contributed by atoms with Crippen molar-refractivity contribution in [3.63, 3.8) is 0 Å². The monoisotopic (exact) mass is 353 g/mol. The number of fused-ring (bicyclic) bond motifs is 1. The molecule has 1 aromatic heterocycles. The van der Waals surface area contributed by atoms with E-state index in [-0.39, 0.29) is 5.91 Å². The maximum Gasteiger partial charge on any atom is 0.230 e. The number of nitrogens with zero attached hydrogens (tertiary/aromatic N) is 2. The number of carbonyl (C=O) groups excluding carboxylic acids is 1. The summed E-state index contributed by atoms with van der Waals surface area (Å²) in [5, 5.41) is 4.75. The summed E-state index contributed by atoms with van der Waals surface area (Å²) in [6.07, 6.45) is 2.32. The molecular weight excluding hydrogens is 334 g/mol. The van der Waals surface area contributed by atoms with Crippen molar-refractivity contribution >= 4 is 28.6 Å². The molecule has 25 heavy (non-hydrogen) atoms. The molecule has 0 fully saturated rings. The molecule has 1 N–H and O–H groups in total. The molecule has 0 saturated carbocycles. The summed E-state index contributed by atoms with van der Waals surface area (Å²) in [4.78, 5) is 20.6. The first-order valence-electron chi connectivity index (χ1n) is 7.98. The van der Waals surface area contributed by atoms with Gasteiger partial charge in [-0.2, -0.15) is 0 Å². The Morgan fingerprint density at radius 2 is 1.92 bits per heavy atom. The number of hydrogen-bond acceptors (Lipinski definition) is 5. The van der Waals surface area contributed by atoms with Crippen LogP contribution in [-0.4, -0.2) is 35.3 Å². The number of amides is 1. The minimum absolute atomic E-state index is 0.00112. The molecule has 0 aliphatic carbocycles. The summed E-state index contributed by atoms with van der Waals surface area (Å²) >= 11 is 1.43. The number of carbonyl (C=O) groups is 1. The number of nitrogens with one attached hydrogen (secondary N) is 1. The van der Waals surface area contributed by atoms with Crippen LogP contribution in [0.25, 0.3) is 10.9 Å². The molecule has 0 spiro atoms. The number of methoxy groups -OCH3 is 1. The maximum absolute atomic E-state index is 12.0. The summed E-state index contributed by atoms with van der Waals surface area (Å²) in [6, 6.07) is 15.7. The topological polar surface area (TPSA) is 64.1 Å². The van der Waals surface area contributed by atoms with Crippen LogP contribution in [0.4, 0.5) is 0 Å². The van der Waals surface area contributed by atoms with Gasteiger partial charge < -0.3 is 10.1 Å². The van der Waals surface area contributed by atoms with Gasteiger partial charge in [0.2, 0.25) is 5.91 Å². The molecular formula is C19H19N3O2S. The highest BCUT2D eigenvalue weighted by Crippen LogP contribution is 2.23. The molecule has 3 rings (SSSR count). The van der Waals surface area contributed by atoms with Crippen molar-refractivity contribution in [2.75, 3.05) is 19.4 Å². The molecule has 6 heteroatoms. The first-order chi connectivity index (χ1) is 12.3. The molecule has 128 valence electrons. The minimum atomic E-state index is 0.00112. The standard InChI is InChI=1S/C19H19N3O2S/c1-24-15-8-6-14(7-9-15)10-11-20-18(23)12-25-19-16-4-2-3-5-17(16)21-13-22-19/h2-9,13H,10-12H2,1H3,(H,20,23). The van der Waals surface area contributed by atoms with Crippen LogP contribution < -0.4 is 10.1 Å². The third kappa shape index (κ3) is 4.70. The van der Waals surface area contributed by atoms with Crippen LogP contribution in [0, 0.1) is 0 Å². The van der Waals surface area contributed by atoms with E-state index in [0.717, 1.165) is 33.7 Å². The highest BCUT2D eigenvalue weighted by molar-refractivity contribution is 8.00. The molecule has 0 bridgehead atoms.